The molecule has 0 saturated heterocycles. The summed E-state index contributed by atoms with van der Waals surface area (Å²) in [6.07, 6.45) is 9.41. The summed E-state index contributed by atoms with van der Waals surface area (Å²) in [5, 5.41) is 4.74. The molecule has 2 aliphatic rings. The zero-order chi connectivity index (χ0) is 14.8. The molecule has 0 aromatic carbocycles. The zero-order valence-electron chi connectivity index (χ0n) is 12.6. The topological polar surface area (TPSA) is 49.2 Å². The van der Waals surface area contributed by atoms with Gasteiger partial charge in [0.05, 0.1) is 25.5 Å². The van der Waals surface area contributed by atoms with E-state index >= 15 is 0 Å². The predicted octanol–water partition coefficient (Wildman–Crippen LogP) is 2.52. The van der Waals surface area contributed by atoms with Crippen molar-refractivity contribution in [2.75, 3.05) is 13.2 Å². The van der Waals surface area contributed by atoms with Crippen LogP contribution >= 0.6 is 0 Å². The van der Waals surface area contributed by atoms with Crippen LogP contribution in [0.3, 0.4) is 0 Å². The Morgan fingerprint density at radius 2 is 2.32 bits per heavy atom. The van der Waals surface area contributed by atoms with Gasteiger partial charge >= 0.3 is 0 Å². The minimum atomic E-state index is -0.0409. The van der Waals surface area contributed by atoms with Crippen LogP contribution in [0.25, 0.3) is 0 Å². The summed E-state index contributed by atoms with van der Waals surface area (Å²) in [5.41, 5.74) is 3.47. The number of ether oxygens (including phenoxy) is 2. The van der Waals surface area contributed by atoms with E-state index in [1.54, 1.807) is 6.20 Å². The SMILES string of the molecule is c1cncc(COCC2OCCc3cn(CC4CC4)nc32)c1. The maximum absolute atomic E-state index is 5.86. The summed E-state index contributed by atoms with van der Waals surface area (Å²) in [6, 6.07) is 3.94. The lowest BCUT2D eigenvalue weighted by atomic mass is 10.1. The van der Waals surface area contributed by atoms with Crippen LogP contribution in [0, 0.1) is 5.92 Å². The molecule has 4 rings (SSSR count). The average molecular weight is 299 g/mol. The number of hydrogen-bond acceptors (Lipinski definition) is 4. The molecule has 0 bridgehead atoms. The van der Waals surface area contributed by atoms with E-state index in [1.807, 2.05) is 18.3 Å². The fraction of sp³-hybridized carbons (Fsp3) is 0.529. The van der Waals surface area contributed by atoms with Gasteiger partial charge in [-0.1, -0.05) is 6.07 Å². The highest BCUT2D eigenvalue weighted by atomic mass is 16.5. The van der Waals surface area contributed by atoms with Crippen molar-refractivity contribution in [2.45, 2.75) is 38.5 Å². The van der Waals surface area contributed by atoms with E-state index in [4.69, 9.17) is 14.6 Å². The van der Waals surface area contributed by atoms with Gasteiger partial charge in [-0.05, 0) is 42.4 Å². The molecule has 1 atom stereocenters. The van der Waals surface area contributed by atoms with E-state index in [0.29, 0.717) is 13.2 Å². The maximum Gasteiger partial charge on any atom is 0.125 e. The Hall–Kier alpha value is -1.72. The van der Waals surface area contributed by atoms with Gasteiger partial charge in [0.1, 0.15) is 6.10 Å². The van der Waals surface area contributed by atoms with Crippen molar-refractivity contribution in [1.29, 1.82) is 0 Å². The van der Waals surface area contributed by atoms with E-state index in [1.165, 1.54) is 18.4 Å². The molecule has 2 aromatic rings. The van der Waals surface area contributed by atoms with Crippen molar-refractivity contribution in [3.8, 4) is 0 Å². The minimum absolute atomic E-state index is 0.0409. The van der Waals surface area contributed by atoms with Gasteiger partial charge in [0, 0.05) is 25.1 Å². The Kier molecular flexibility index (Phi) is 3.91. The molecular weight excluding hydrogens is 278 g/mol. The molecule has 5 nitrogen and oxygen atoms in total. The summed E-state index contributed by atoms with van der Waals surface area (Å²) in [4.78, 5) is 4.10. The third-order valence-electron chi connectivity index (χ3n) is 4.27. The molecule has 1 fully saturated rings. The van der Waals surface area contributed by atoms with Crippen LogP contribution in [0.4, 0.5) is 0 Å². The van der Waals surface area contributed by atoms with Gasteiger partial charge in [-0.25, -0.2) is 0 Å². The lowest BCUT2D eigenvalue weighted by Gasteiger charge is -2.21. The van der Waals surface area contributed by atoms with Crippen molar-refractivity contribution in [3.05, 3.63) is 47.5 Å². The maximum atomic E-state index is 5.86. The van der Waals surface area contributed by atoms with Crippen LogP contribution in [-0.4, -0.2) is 28.0 Å². The fourth-order valence-corrected chi connectivity index (χ4v) is 2.88. The standard InChI is InChI=1S/C17H21N3O2/c1-2-14(8-18-6-1)11-21-12-16-17-15(5-7-22-16)10-20(19-17)9-13-3-4-13/h1-2,6,8,10,13,16H,3-5,7,9,11-12H2. The molecule has 5 heteroatoms. The number of aromatic nitrogens is 3. The van der Waals surface area contributed by atoms with Crippen LogP contribution in [0.15, 0.2) is 30.7 Å². The second kappa shape index (κ2) is 6.18. The van der Waals surface area contributed by atoms with Gasteiger partial charge in [-0.3, -0.25) is 9.67 Å². The van der Waals surface area contributed by atoms with Gasteiger partial charge in [0.25, 0.3) is 0 Å². The van der Waals surface area contributed by atoms with Crippen LogP contribution in [0.1, 0.15) is 35.8 Å². The highest BCUT2D eigenvalue weighted by Crippen LogP contribution is 2.32. The molecule has 0 spiro atoms. The minimum Gasteiger partial charge on any atom is -0.374 e. The normalized spacial score (nSPS) is 20.8. The number of pyridine rings is 1. The number of fused-ring (bicyclic) bond motifs is 1. The molecule has 0 amide bonds. The lowest BCUT2D eigenvalue weighted by Crippen LogP contribution is -2.20. The predicted molar refractivity (Wildman–Crippen MR) is 81.2 cm³/mol. The first-order valence-electron chi connectivity index (χ1n) is 8.03. The number of hydrogen-bond donors (Lipinski definition) is 0. The molecule has 1 aliphatic heterocycles. The van der Waals surface area contributed by atoms with Gasteiger partial charge in [0.15, 0.2) is 0 Å². The molecule has 1 saturated carbocycles. The summed E-state index contributed by atoms with van der Waals surface area (Å²) in [5.74, 6) is 0.836. The van der Waals surface area contributed by atoms with E-state index in [0.717, 1.165) is 36.7 Å². The fourth-order valence-electron chi connectivity index (χ4n) is 2.88. The Labute approximate surface area is 130 Å². The first kappa shape index (κ1) is 13.9. The quantitative estimate of drug-likeness (QED) is 0.822. The highest BCUT2D eigenvalue weighted by Gasteiger charge is 2.27. The average Bonchev–Trinajstić information content (AvgIpc) is 3.25. The summed E-state index contributed by atoms with van der Waals surface area (Å²) < 4.78 is 13.8. The molecule has 2 aromatic heterocycles. The van der Waals surface area contributed by atoms with Crippen LogP contribution in [0.5, 0.6) is 0 Å². The second-order valence-corrected chi connectivity index (χ2v) is 6.19. The summed E-state index contributed by atoms with van der Waals surface area (Å²) >= 11 is 0. The van der Waals surface area contributed by atoms with E-state index in [9.17, 15) is 0 Å². The first-order chi connectivity index (χ1) is 10.9. The largest absolute Gasteiger partial charge is 0.374 e. The van der Waals surface area contributed by atoms with E-state index in [-0.39, 0.29) is 6.10 Å². The van der Waals surface area contributed by atoms with Gasteiger partial charge < -0.3 is 9.47 Å². The molecule has 116 valence electrons. The van der Waals surface area contributed by atoms with Crippen molar-refractivity contribution >= 4 is 0 Å². The van der Waals surface area contributed by atoms with Gasteiger partial charge in [0.2, 0.25) is 0 Å². The second-order valence-electron chi connectivity index (χ2n) is 6.19. The zero-order valence-corrected chi connectivity index (χ0v) is 12.6. The third-order valence-corrected chi connectivity index (χ3v) is 4.27. The summed E-state index contributed by atoms with van der Waals surface area (Å²) in [6.45, 7) is 2.91. The van der Waals surface area contributed by atoms with Crippen molar-refractivity contribution in [1.82, 2.24) is 14.8 Å². The van der Waals surface area contributed by atoms with Crippen LogP contribution in [0.2, 0.25) is 0 Å². The molecule has 0 radical (unpaired) electrons. The smallest absolute Gasteiger partial charge is 0.125 e. The third kappa shape index (κ3) is 3.20. The number of rotatable bonds is 6. The van der Waals surface area contributed by atoms with Gasteiger partial charge in [-0.2, -0.15) is 5.10 Å². The molecular formula is C17H21N3O2. The Morgan fingerprint density at radius 3 is 3.14 bits per heavy atom. The highest BCUT2D eigenvalue weighted by molar-refractivity contribution is 5.22. The first-order valence-corrected chi connectivity index (χ1v) is 8.03. The molecule has 22 heavy (non-hydrogen) atoms. The van der Waals surface area contributed by atoms with Gasteiger partial charge in [-0.15, -0.1) is 0 Å². The van der Waals surface area contributed by atoms with Crippen LogP contribution in [-0.2, 0) is 29.0 Å². The lowest BCUT2D eigenvalue weighted by molar-refractivity contribution is -0.0321. The summed E-state index contributed by atoms with van der Waals surface area (Å²) in [7, 11) is 0. The van der Waals surface area contributed by atoms with E-state index < -0.39 is 0 Å². The number of nitrogens with zero attached hydrogens (tertiary/aromatic N) is 3. The van der Waals surface area contributed by atoms with Crippen molar-refractivity contribution in [3.63, 3.8) is 0 Å². The van der Waals surface area contributed by atoms with Crippen molar-refractivity contribution in [2.24, 2.45) is 5.92 Å². The molecule has 1 unspecified atom stereocenters. The Bertz CT molecular complexity index is 622. The van der Waals surface area contributed by atoms with E-state index in [2.05, 4.69) is 15.9 Å². The Morgan fingerprint density at radius 1 is 1.36 bits per heavy atom. The Balaban J connectivity index is 1.37. The van der Waals surface area contributed by atoms with Crippen molar-refractivity contribution < 1.29 is 9.47 Å². The molecule has 0 N–H and O–H groups in total. The monoisotopic (exact) mass is 299 g/mol. The molecule has 3 heterocycles. The molecule has 1 aliphatic carbocycles. The van der Waals surface area contributed by atoms with Crippen LogP contribution < -0.4 is 0 Å².